The van der Waals surface area contributed by atoms with Crippen molar-refractivity contribution in [2.24, 2.45) is 0 Å². The molecule has 0 aliphatic carbocycles. The Morgan fingerprint density at radius 2 is 1.39 bits per heavy atom. The first-order valence-electron chi connectivity index (χ1n) is 13.6. The van der Waals surface area contributed by atoms with E-state index in [1.807, 2.05) is 51.1 Å². The summed E-state index contributed by atoms with van der Waals surface area (Å²) in [5.41, 5.74) is 4.04. The summed E-state index contributed by atoms with van der Waals surface area (Å²) in [6.45, 7) is 10.4. The summed E-state index contributed by atoms with van der Waals surface area (Å²) < 4.78 is 62.2. The fourth-order valence-corrected chi connectivity index (χ4v) is 9.47. The maximum absolute atomic E-state index is 14.4. The van der Waals surface area contributed by atoms with Crippen molar-refractivity contribution in [3.63, 3.8) is 0 Å². The normalized spacial score (nSPS) is 19.9. The summed E-state index contributed by atoms with van der Waals surface area (Å²) >= 11 is 0. The van der Waals surface area contributed by atoms with E-state index < -0.39 is 25.6 Å². The molecule has 0 N–H and O–H groups in total. The lowest BCUT2D eigenvalue weighted by atomic mass is 9.85. The molecular formula is C32H33N3O4S2. The molecule has 0 bridgehead atoms. The quantitative estimate of drug-likeness (QED) is 0.279. The Morgan fingerprint density at radius 3 is 2.00 bits per heavy atom. The number of sulfonamides is 2. The lowest BCUT2D eigenvalue weighted by Crippen LogP contribution is -2.56. The predicted octanol–water partition coefficient (Wildman–Crippen LogP) is 5.49. The van der Waals surface area contributed by atoms with Crippen molar-refractivity contribution >= 4 is 30.9 Å². The second-order valence-corrected chi connectivity index (χ2v) is 14.9. The van der Waals surface area contributed by atoms with Gasteiger partial charge in [0.2, 0.25) is 20.0 Å². The third-order valence-electron chi connectivity index (χ3n) is 8.16. The molecule has 1 spiro atoms. The monoisotopic (exact) mass is 587 g/mol. The number of nitrogens with zero attached hydrogens (tertiary/aromatic N) is 3. The van der Waals surface area contributed by atoms with Crippen molar-refractivity contribution in [1.82, 2.24) is 13.2 Å². The number of allylic oxidation sites excluding steroid dienone is 1. The largest absolute Gasteiger partial charge is 0.339 e. The maximum atomic E-state index is 14.4. The second-order valence-electron chi connectivity index (χ2n) is 11.1. The Balaban J connectivity index is 1.64. The fourth-order valence-electron chi connectivity index (χ4n) is 6.29. The highest BCUT2D eigenvalue weighted by Crippen LogP contribution is 2.50. The van der Waals surface area contributed by atoms with Gasteiger partial charge in [-0.05, 0) is 51.1 Å². The van der Waals surface area contributed by atoms with Crippen LogP contribution in [0.2, 0.25) is 0 Å². The van der Waals surface area contributed by atoms with Crippen LogP contribution in [0, 0.1) is 13.8 Å². The average Bonchev–Trinajstić information content (AvgIpc) is 3.45. The molecule has 4 aromatic rings. The van der Waals surface area contributed by atoms with Gasteiger partial charge in [0.1, 0.15) is 0 Å². The Kier molecular flexibility index (Phi) is 6.61. The Morgan fingerprint density at radius 1 is 0.805 bits per heavy atom. The standard InChI is InChI=1S/C32H33N3O4S2/c1-5-18-34-29-9-7-6-8-28(29)31-30(34)21-33(40(36,37)26-14-10-23(2)11-15-26)22-32(31)19-25(4)20-35(32)41(38,39)27-16-12-24(3)13-17-27/h5-17,19H,1,18,20-22H2,2-4H3. The van der Waals surface area contributed by atoms with E-state index in [0.29, 0.717) is 6.54 Å². The summed E-state index contributed by atoms with van der Waals surface area (Å²) in [4.78, 5) is 0.361. The lowest BCUT2D eigenvalue weighted by Gasteiger charge is -2.44. The van der Waals surface area contributed by atoms with Crippen LogP contribution in [-0.4, -0.2) is 43.1 Å². The first-order valence-corrected chi connectivity index (χ1v) is 16.4. The summed E-state index contributed by atoms with van der Waals surface area (Å²) in [6.07, 6.45) is 3.74. The van der Waals surface area contributed by atoms with Crippen molar-refractivity contribution in [3.8, 4) is 0 Å². The highest BCUT2D eigenvalue weighted by Gasteiger charge is 2.55. The number of fused-ring (bicyclic) bond motifs is 4. The van der Waals surface area contributed by atoms with Gasteiger partial charge in [-0.25, -0.2) is 16.8 Å². The number of aromatic nitrogens is 1. The topological polar surface area (TPSA) is 79.7 Å². The van der Waals surface area contributed by atoms with Crippen molar-refractivity contribution in [2.45, 2.75) is 49.2 Å². The van der Waals surface area contributed by atoms with Gasteiger partial charge in [-0.1, -0.05) is 71.3 Å². The first kappa shape index (κ1) is 27.7. The molecule has 0 saturated heterocycles. The maximum Gasteiger partial charge on any atom is 0.244 e. The summed E-state index contributed by atoms with van der Waals surface area (Å²) in [7, 11) is -7.99. The van der Waals surface area contributed by atoms with Crippen molar-refractivity contribution in [2.75, 3.05) is 13.1 Å². The molecule has 3 heterocycles. The highest BCUT2D eigenvalue weighted by atomic mass is 32.2. The minimum absolute atomic E-state index is 0.0409. The molecule has 2 aliphatic rings. The number of aryl methyl sites for hydroxylation is 2. The van der Waals surface area contributed by atoms with Crippen LogP contribution in [0.1, 0.15) is 29.3 Å². The molecule has 0 fully saturated rings. The third kappa shape index (κ3) is 4.30. The van der Waals surface area contributed by atoms with Crippen LogP contribution >= 0.6 is 0 Å². The van der Waals surface area contributed by atoms with E-state index >= 15 is 0 Å². The zero-order valence-corrected chi connectivity index (χ0v) is 25.0. The van der Waals surface area contributed by atoms with E-state index in [9.17, 15) is 16.8 Å². The van der Waals surface area contributed by atoms with Crippen LogP contribution in [0.3, 0.4) is 0 Å². The van der Waals surface area contributed by atoms with Gasteiger partial charge in [0.25, 0.3) is 0 Å². The fraction of sp³-hybridized carbons (Fsp3) is 0.250. The van der Waals surface area contributed by atoms with Gasteiger partial charge >= 0.3 is 0 Å². The SMILES string of the molecule is C=CCn1c2c(c3ccccc31)C1(C=C(C)CN1S(=O)(=O)c1ccc(C)cc1)CN(S(=O)(=O)c1ccc(C)cc1)C2. The minimum Gasteiger partial charge on any atom is -0.339 e. The molecule has 2 aliphatic heterocycles. The van der Waals surface area contributed by atoms with E-state index in [1.165, 1.54) is 8.61 Å². The molecule has 1 aromatic heterocycles. The Labute approximate surface area is 242 Å². The van der Waals surface area contributed by atoms with Crippen molar-refractivity contribution < 1.29 is 16.8 Å². The van der Waals surface area contributed by atoms with Crippen molar-refractivity contribution in [1.29, 1.82) is 0 Å². The van der Waals surface area contributed by atoms with Gasteiger partial charge in [-0.15, -0.1) is 6.58 Å². The number of hydrogen-bond acceptors (Lipinski definition) is 4. The smallest absolute Gasteiger partial charge is 0.244 e. The molecule has 0 radical (unpaired) electrons. The van der Waals surface area contributed by atoms with E-state index in [1.54, 1.807) is 54.6 Å². The molecular weight excluding hydrogens is 555 g/mol. The predicted molar refractivity (Wildman–Crippen MR) is 161 cm³/mol. The van der Waals surface area contributed by atoms with Gasteiger partial charge in [-0.2, -0.15) is 8.61 Å². The molecule has 6 rings (SSSR count). The molecule has 9 heteroatoms. The number of benzene rings is 3. The summed E-state index contributed by atoms with van der Waals surface area (Å²) in [5, 5.41) is 0.909. The van der Waals surface area contributed by atoms with E-state index in [4.69, 9.17) is 0 Å². The molecule has 0 amide bonds. The number of rotatable bonds is 6. The molecule has 1 unspecified atom stereocenters. The molecule has 0 saturated carbocycles. The third-order valence-corrected chi connectivity index (χ3v) is 11.9. The number of hydrogen-bond donors (Lipinski definition) is 0. The van der Waals surface area contributed by atoms with Crippen LogP contribution in [0.15, 0.2) is 107 Å². The van der Waals surface area contributed by atoms with Gasteiger partial charge in [0.05, 0.1) is 21.9 Å². The van der Waals surface area contributed by atoms with Crippen LogP contribution in [0.5, 0.6) is 0 Å². The zero-order chi connectivity index (χ0) is 29.2. The molecule has 7 nitrogen and oxygen atoms in total. The minimum atomic E-state index is -4.02. The Bertz CT molecular complexity index is 1920. The summed E-state index contributed by atoms with van der Waals surface area (Å²) in [5.74, 6) is 0. The zero-order valence-electron chi connectivity index (χ0n) is 23.4. The molecule has 1 atom stereocenters. The first-order chi connectivity index (χ1) is 19.5. The molecule has 41 heavy (non-hydrogen) atoms. The van der Waals surface area contributed by atoms with Gasteiger partial charge in [0.15, 0.2) is 0 Å². The number of para-hydroxylation sites is 1. The van der Waals surface area contributed by atoms with Crippen LogP contribution in [0.25, 0.3) is 10.9 Å². The highest BCUT2D eigenvalue weighted by molar-refractivity contribution is 7.89. The molecule has 212 valence electrons. The molecule has 3 aromatic carbocycles. The Hall–Kier alpha value is -3.50. The van der Waals surface area contributed by atoms with Crippen LogP contribution in [0.4, 0.5) is 0 Å². The summed E-state index contributed by atoms with van der Waals surface area (Å²) in [6, 6.07) is 21.5. The van der Waals surface area contributed by atoms with E-state index in [-0.39, 0.29) is 29.4 Å². The van der Waals surface area contributed by atoms with E-state index in [0.717, 1.165) is 38.9 Å². The second kappa shape index (κ2) is 9.80. The van der Waals surface area contributed by atoms with Crippen LogP contribution < -0.4 is 0 Å². The van der Waals surface area contributed by atoms with Gasteiger partial charge < -0.3 is 4.57 Å². The lowest BCUT2D eigenvalue weighted by molar-refractivity contribution is 0.198. The van der Waals surface area contributed by atoms with E-state index in [2.05, 4.69) is 11.1 Å². The van der Waals surface area contributed by atoms with Gasteiger partial charge in [-0.3, -0.25) is 0 Å². The average molecular weight is 588 g/mol. The van der Waals surface area contributed by atoms with Crippen LogP contribution in [-0.2, 0) is 38.7 Å². The van der Waals surface area contributed by atoms with Crippen molar-refractivity contribution in [3.05, 3.63) is 119 Å². The van der Waals surface area contributed by atoms with Gasteiger partial charge in [0, 0.05) is 41.8 Å².